The number of sulfonamides is 1. The van der Waals surface area contributed by atoms with E-state index in [1.54, 1.807) is 24.3 Å². The molecule has 1 saturated heterocycles. The van der Waals surface area contributed by atoms with Crippen LogP contribution in [0.3, 0.4) is 0 Å². The molecule has 0 aromatic heterocycles. The summed E-state index contributed by atoms with van der Waals surface area (Å²) in [5.41, 5.74) is 2.27. The molecular formula is C18H20ClN3O3S. The third kappa shape index (κ3) is 4.68. The van der Waals surface area contributed by atoms with Gasteiger partial charge >= 0.3 is 0 Å². The first kappa shape index (κ1) is 18.5. The van der Waals surface area contributed by atoms with Crippen LogP contribution in [0.25, 0.3) is 0 Å². The highest BCUT2D eigenvalue weighted by molar-refractivity contribution is 7.92. The number of amides is 1. The van der Waals surface area contributed by atoms with E-state index >= 15 is 0 Å². The Labute approximate surface area is 158 Å². The van der Waals surface area contributed by atoms with Gasteiger partial charge in [-0.05, 0) is 49.2 Å². The molecule has 1 aliphatic rings. The van der Waals surface area contributed by atoms with Crippen molar-refractivity contribution < 1.29 is 13.2 Å². The molecule has 0 atom stereocenters. The van der Waals surface area contributed by atoms with E-state index in [0.29, 0.717) is 22.0 Å². The monoisotopic (exact) mass is 393 g/mol. The van der Waals surface area contributed by atoms with Crippen LogP contribution in [0.4, 0.5) is 17.1 Å². The maximum Gasteiger partial charge on any atom is 0.255 e. The van der Waals surface area contributed by atoms with E-state index in [-0.39, 0.29) is 5.91 Å². The Bertz CT molecular complexity index is 925. The summed E-state index contributed by atoms with van der Waals surface area (Å²) in [7, 11) is -3.41. The Hall–Kier alpha value is -2.25. The number of anilines is 3. The van der Waals surface area contributed by atoms with Crippen molar-refractivity contribution in [2.24, 2.45) is 0 Å². The average Bonchev–Trinajstić information content (AvgIpc) is 3.08. The van der Waals surface area contributed by atoms with Crippen molar-refractivity contribution in [2.45, 2.75) is 12.8 Å². The van der Waals surface area contributed by atoms with Gasteiger partial charge < -0.3 is 10.2 Å². The van der Waals surface area contributed by atoms with E-state index in [4.69, 9.17) is 11.6 Å². The van der Waals surface area contributed by atoms with Gasteiger partial charge in [-0.3, -0.25) is 9.52 Å². The molecule has 1 amide bonds. The van der Waals surface area contributed by atoms with Gasteiger partial charge in [-0.2, -0.15) is 0 Å². The Morgan fingerprint density at radius 3 is 2.54 bits per heavy atom. The SMILES string of the molecule is CS(=O)(=O)Nc1cccc(C(=O)Nc2cc(Cl)ccc2N2CCCC2)c1. The number of hydrogen-bond donors (Lipinski definition) is 2. The van der Waals surface area contributed by atoms with E-state index in [0.717, 1.165) is 37.9 Å². The van der Waals surface area contributed by atoms with Crippen molar-refractivity contribution in [3.63, 3.8) is 0 Å². The van der Waals surface area contributed by atoms with Crippen LogP contribution in [0.1, 0.15) is 23.2 Å². The zero-order chi connectivity index (χ0) is 18.7. The molecule has 2 N–H and O–H groups in total. The highest BCUT2D eigenvalue weighted by Crippen LogP contribution is 2.32. The largest absolute Gasteiger partial charge is 0.370 e. The number of nitrogens with zero attached hydrogens (tertiary/aromatic N) is 1. The van der Waals surface area contributed by atoms with Gasteiger partial charge in [0.05, 0.1) is 17.6 Å². The standard InChI is InChI=1S/C18H20ClN3O3S/c1-26(24,25)21-15-6-4-5-13(11-15)18(23)20-16-12-14(19)7-8-17(16)22-9-2-3-10-22/h4-8,11-12,21H,2-3,9-10H2,1H3,(H,20,23). The molecule has 0 saturated carbocycles. The molecular weight excluding hydrogens is 374 g/mol. The summed E-state index contributed by atoms with van der Waals surface area (Å²) in [6, 6.07) is 11.8. The predicted molar refractivity (Wildman–Crippen MR) is 106 cm³/mol. The minimum Gasteiger partial charge on any atom is -0.370 e. The molecule has 0 radical (unpaired) electrons. The first-order valence-corrected chi connectivity index (χ1v) is 10.5. The van der Waals surface area contributed by atoms with Crippen LogP contribution in [-0.2, 0) is 10.0 Å². The Morgan fingerprint density at radius 2 is 1.85 bits per heavy atom. The fraction of sp³-hybridized carbons (Fsp3) is 0.278. The number of rotatable bonds is 5. The average molecular weight is 394 g/mol. The van der Waals surface area contributed by atoms with Crippen LogP contribution in [0.2, 0.25) is 5.02 Å². The first-order valence-electron chi connectivity index (χ1n) is 8.25. The second kappa shape index (κ2) is 7.55. The fourth-order valence-electron chi connectivity index (χ4n) is 2.97. The van der Waals surface area contributed by atoms with Crippen molar-refractivity contribution >= 4 is 44.6 Å². The van der Waals surface area contributed by atoms with Crippen LogP contribution in [0, 0.1) is 0 Å². The van der Waals surface area contributed by atoms with E-state index in [2.05, 4.69) is 14.9 Å². The lowest BCUT2D eigenvalue weighted by molar-refractivity contribution is 0.102. The summed E-state index contributed by atoms with van der Waals surface area (Å²) in [4.78, 5) is 14.9. The summed E-state index contributed by atoms with van der Waals surface area (Å²) < 4.78 is 25.1. The summed E-state index contributed by atoms with van der Waals surface area (Å²) >= 11 is 6.10. The van der Waals surface area contributed by atoms with Gasteiger partial charge in [0.15, 0.2) is 0 Å². The Balaban J connectivity index is 1.84. The zero-order valence-electron chi connectivity index (χ0n) is 14.3. The maximum absolute atomic E-state index is 12.7. The Morgan fingerprint density at radius 1 is 1.12 bits per heavy atom. The quantitative estimate of drug-likeness (QED) is 0.814. The smallest absolute Gasteiger partial charge is 0.255 e. The van der Waals surface area contributed by atoms with Crippen LogP contribution in [0.15, 0.2) is 42.5 Å². The van der Waals surface area contributed by atoms with Gasteiger partial charge in [0.25, 0.3) is 5.91 Å². The zero-order valence-corrected chi connectivity index (χ0v) is 15.9. The van der Waals surface area contributed by atoms with Gasteiger partial charge in [-0.1, -0.05) is 17.7 Å². The lowest BCUT2D eigenvalue weighted by atomic mass is 10.1. The third-order valence-electron chi connectivity index (χ3n) is 4.08. The van der Waals surface area contributed by atoms with Crippen molar-refractivity contribution in [3.05, 3.63) is 53.1 Å². The van der Waals surface area contributed by atoms with Gasteiger partial charge in [-0.25, -0.2) is 8.42 Å². The molecule has 0 unspecified atom stereocenters. The second-order valence-electron chi connectivity index (χ2n) is 6.26. The summed E-state index contributed by atoms with van der Waals surface area (Å²) in [5.74, 6) is -0.329. The number of carbonyl (C=O) groups is 1. The summed E-state index contributed by atoms with van der Waals surface area (Å²) in [6.45, 7) is 1.89. The molecule has 0 bridgehead atoms. The lowest BCUT2D eigenvalue weighted by Crippen LogP contribution is -2.21. The second-order valence-corrected chi connectivity index (χ2v) is 8.45. The number of carbonyl (C=O) groups excluding carboxylic acids is 1. The number of hydrogen-bond acceptors (Lipinski definition) is 4. The van der Waals surface area contributed by atoms with Crippen molar-refractivity contribution in [3.8, 4) is 0 Å². The fourth-order valence-corrected chi connectivity index (χ4v) is 3.70. The third-order valence-corrected chi connectivity index (χ3v) is 4.92. The molecule has 26 heavy (non-hydrogen) atoms. The van der Waals surface area contributed by atoms with Crippen molar-refractivity contribution in [1.29, 1.82) is 0 Å². The molecule has 0 spiro atoms. The normalized spacial score (nSPS) is 14.3. The molecule has 6 nitrogen and oxygen atoms in total. The van der Waals surface area contributed by atoms with Crippen molar-refractivity contribution in [1.82, 2.24) is 0 Å². The molecule has 8 heteroatoms. The molecule has 1 aliphatic heterocycles. The van der Waals surface area contributed by atoms with Crippen molar-refractivity contribution in [2.75, 3.05) is 34.3 Å². The molecule has 2 aromatic carbocycles. The van der Waals surface area contributed by atoms with Crippen LogP contribution in [-0.4, -0.2) is 33.7 Å². The highest BCUT2D eigenvalue weighted by Gasteiger charge is 2.18. The van der Waals surface area contributed by atoms with E-state index in [1.807, 2.05) is 12.1 Å². The summed E-state index contributed by atoms with van der Waals surface area (Å²) in [6.07, 6.45) is 3.30. The molecule has 1 fully saturated rings. The number of halogens is 1. The highest BCUT2D eigenvalue weighted by atomic mass is 35.5. The number of nitrogens with one attached hydrogen (secondary N) is 2. The van der Waals surface area contributed by atoms with E-state index < -0.39 is 10.0 Å². The van der Waals surface area contributed by atoms with Crippen LogP contribution >= 0.6 is 11.6 Å². The molecule has 138 valence electrons. The Kier molecular flexibility index (Phi) is 5.38. The molecule has 1 heterocycles. The first-order chi connectivity index (χ1) is 12.3. The van der Waals surface area contributed by atoms with E-state index in [9.17, 15) is 13.2 Å². The predicted octanol–water partition coefficient (Wildman–Crippen LogP) is 3.56. The van der Waals surface area contributed by atoms with Crippen LogP contribution in [0.5, 0.6) is 0 Å². The topological polar surface area (TPSA) is 78.5 Å². The van der Waals surface area contributed by atoms with Gasteiger partial charge in [-0.15, -0.1) is 0 Å². The minimum absolute atomic E-state index is 0.329. The summed E-state index contributed by atoms with van der Waals surface area (Å²) in [5, 5.41) is 3.43. The van der Waals surface area contributed by atoms with Crippen LogP contribution < -0.4 is 14.9 Å². The molecule has 0 aliphatic carbocycles. The molecule has 3 rings (SSSR count). The molecule has 2 aromatic rings. The maximum atomic E-state index is 12.7. The van der Waals surface area contributed by atoms with Gasteiger partial charge in [0, 0.05) is 29.4 Å². The number of benzene rings is 2. The van der Waals surface area contributed by atoms with Gasteiger partial charge in [0.2, 0.25) is 10.0 Å². The minimum atomic E-state index is -3.41. The van der Waals surface area contributed by atoms with E-state index in [1.165, 1.54) is 6.07 Å². The lowest BCUT2D eigenvalue weighted by Gasteiger charge is -2.22. The van der Waals surface area contributed by atoms with Gasteiger partial charge in [0.1, 0.15) is 0 Å².